The van der Waals surface area contributed by atoms with E-state index in [0.717, 1.165) is 12.4 Å². The zero-order valence-electron chi connectivity index (χ0n) is 15.5. The van der Waals surface area contributed by atoms with Crippen molar-refractivity contribution in [2.45, 2.75) is 12.5 Å². The fourth-order valence-electron chi connectivity index (χ4n) is 3.30. The number of ketones is 1. The molecule has 1 atom stereocenters. The number of carbonyl (C=O) groups is 2. The Bertz CT molecular complexity index is 1020. The third-order valence-corrected chi connectivity index (χ3v) is 4.74. The first kappa shape index (κ1) is 18.7. The largest absolute Gasteiger partial charge is 0.458 e. The first-order chi connectivity index (χ1) is 14.1. The van der Waals surface area contributed by atoms with Crippen molar-refractivity contribution >= 4 is 11.7 Å². The predicted molar refractivity (Wildman–Crippen MR) is 103 cm³/mol. The molecule has 4 rings (SSSR count). The van der Waals surface area contributed by atoms with E-state index in [0.29, 0.717) is 36.2 Å². The van der Waals surface area contributed by atoms with E-state index in [-0.39, 0.29) is 23.8 Å². The number of amides is 1. The lowest BCUT2D eigenvalue weighted by Crippen LogP contribution is -2.32. The number of benzene rings is 2. The van der Waals surface area contributed by atoms with Crippen LogP contribution in [0.3, 0.4) is 0 Å². The molecule has 1 aliphatic rings. The minimum Gasteiger partial charge on any atom is -0.458 e. The Kier molecular flexibility index (Phi) is 5.29. The number of hydrogen-bond acceptors (Lipinski definition) is 5. The van der Waals surface area contributed by atoms with Gasteiger partial charge in [-0.15, -0.1) is 0 Å². The van der Waals surface area contributed by atoms with Crippen molar-refractivity contribution in [1.29, 1.82) is 0 Å². The Morgan fingerprint density at radius 3 is 2.34 bits per heavy atom. The lowest BCUT2D eigenvalue weighted by molar-refractivity contribution is 0.0765. The van der Waals surface area contributed by atoms with Gasteiger partial charge in [0, 0.05) is 24.1 Å². The second-order valence-corrected chi connectivity index (χ2v) is 6.70. The van der Waals surface area contributed by atoms with Crippen LogP contribution in [0.1, 0.15) is 32.7 Å². The summed E-state index contributed by atoms with van der Waals surface area (Å²) < 4.78 is 18.6. The number of likely N-dealkylation sites (tertiary alicyclic amines) is 1. The molecule has 0 spiro atoms. The van der Waals surface area contributed by atoms with Crippen molar-refractivity contribution < 1.29 is 18.7 Å². The van der Waals surface area contributed by atoms with Crippen LogP contribution in [0.5, 0.6) is 6.01 Å². The molecule has 0 N–H and O–H groups in total. The van der Waals surface area contributed by atoms with E-state index in [4.69, 9.17) is 4.74 Å². The van der Waals surface area contributed by atoms with Crippen LogP contribution in [0.25, 0.3) is 0 Å². The molecule has 2 aromatic carbocycles. The Labute approximate surface area is 167 Å². The molecular formula is C22H18FN3O3. The van der Waals surface area contributed by atoms with E-state index in [1.54, 1.807) is 53.4 Å². The molecule has 6 nitrogen and oxygen atoms in total. The second-order valence-electron chi connectivity index (χ2n) is 6.70. The van der Waals surface area contributed by atoms with Gasteiger partial charge < -0.3 is 9.64 Å². The van der Waals surface area contributed by atoms with Crippen LogP contribution in [-0.2, 0) is 0 Å². The van der Waals surface area contributed by atoms with E-state index in [9.17, 15) is 14.0 Å². The lowest BCUT2D eigenvalue weighted by Gasteiger charge is -2.18. The monoisotopic (exact) mass is 391 g/mol. The fourth-order valence-corrected chi connectivity index (χ4v) is 3.30. The number of hydrogen-bond donors (Lipinski definition) is 0. The quantitative estimate of drug-likeness (QED) is 0.625. The van der Waals surface area contributed by atoms with Crippen LogP contribution in [0.15, 0.2) is 67.0 Å². The smallest absolute Gasteiger partial charge is 0.316 e. The average molecular weight is 391 g/mol. The van der Waals surface area contributed by atoms with Crippen molar-refractivity contribution in [3.63, 3.8) is 0 Å². The number of ether oxygens (including phenoxy) is 1. The number of carbonyl (C=O) groups excluding carboxylic acids is 2. The van der Waals surface area contributed by atoms with Gasteiger partial charge in [-0.1, -0.05) is 48.5 Å². The molecule has 146 valence electrons. The van der Waals surface area contributed by atoms with Gasteiger partial charge >= 0.3 is 6.01 Å². The Morgan fingerprint density at radius 1 is 0.966 bits per heavy atom. The molecule has 29 heavy (non-hydrogen) atoms. The standard InChI is InChI=1S/C22H18FN3O3/c23-16-12-24-22(25-13-16)29-17-10-11-26(14-17)21(28)19-9-5-4-8-18(19)20(27)15-6-2-1-3-7-15/h1-9,12-13,17H,10-11,14H2/t17-/m1/s1. The molecule has 0 saturated carbocycles. The number of rotatable bonds is 5. The maximum atomic E-state index is 13.1. The summed E-state index contributed by atoms with van der Waals surface area (Å²) in [4.78, 5) is 35.2. The summed E-state index contributed by atoms with van der Waals surface area (Å²) >= 11 is 0. The molecule has 7 heteroatoms. The average Bonchev–Trinajstić information content (AvgIpc) is 3.23. The van der Waals surface area contributed by atoms with E-state index in [1.165, 1.54) is 0 Å². The van der Waals surface area contributed by atoms with Crippen molar-refractivity contribution in [2.24, 2.45) is 0 Å². The van der Waals surface area contributed by atoms with Crippen molar-refractivity contribution in [1.82, 2.24) is 14.9 Å². The van der Waals surface area contributed by atoms with E-state index in [1.807, 2.05) is 6.07 Å². The summed E-state index contributed by atoms with van der Waals surface area (Å²) in [6.07, 6.45) is 2.37. The highest BCUT2D eigenvalue weighted by atomic mass is 19.1. The summed E-state index contributed by atoms with van der Waals surface area (Å²) in [6.45, 7) is 0.825. The van der Waals surface area contributed by atoms with Gasteiger partial charge in [0.05, 0.1) is 24.5 Å². The van der Waals surface area contributed by atoms with E-state index >= 15 is 0 Å². The Balaban J connectivity index is 1.49. The molecule has 1 aromatic heterocycles. The number of nitrogens with zero attached hydrogens (tertiary/aromatic N) is 3. The van der Waals surface area contributed by atoms with Crippen LogP contribution in [-0.4, -0.2) is 45.8 Å². The number of halogens is 1. The summed E-state index contributed by atoms with van der Waals surface area (Å²) in [6, 6.07) is 15.8. The third-order valence-electron chi connectivity index (χ3n) is 4.74. The van der Waals surface area contributed by atoms with Gasteiger partial charge in [0.1, 0.15) is 6.10 Å². The molecular weight excluding hydrogens is 373 g/mol. The minimum absolute atomic E-state index is 0.0744. The maximum absolute atomic E-state index is 13.1. The molecule has 0 radical (unpaired) electrons. The highest BCUT2D eigenvalue weighted by Gasteiger charge is 2.30. The molecule has 2 heterocycles. The van der Waals surface area contributed by atoms with E-state index < -0.39 is 5.82 Å². The first-order valence-corrected chi connectivity index (χ1v) is 9.24. The fraction of sp³-hybridized carbons (Fsp3) is 0.182. The topological polar surface area (TPSA) is 72.4 Å². The van der Waals surface area contributed by atoms with Crippen LogP contribution in [0.4, 0.5) is 4.39 Å². The van der Waals surface area contributed by atoms with Gasteiger partial charge in [0.2, 0.25) is 0 Å². The van der Waals surface area contributed by atoms with Gasteiger partial charge in [-0.2, -0.15) is 0 Å². The van der Waals surface area contributed by atoms with Gasteiger partial charge in [-0.3, -0.25) is 9.59 Å². The van der Waals surface area contributed by atoms with Crippen LogP contribution in [0, 0.1) is 5.82 Å². The molecule has 1 aliphatic heterocycles. The molecule has 1 fully saturated rings. The Hall–Kier alpha value is -3.61. The molecule has 1 saturated heterocycles. The highest BCUT2D eigenvalue weighted by Crippen LogP contribution is 2.21. The highest BCUT2D eigenvalue weighted by molar-refractivity contribution is 6.15. The maximum Gasteiger partial charge on any atom is 0.316 e. The van der Waals surface area contributed by atoms with Gasteiger partial charge in [-0.05, 0) is 6.07 Å². The van der Waals surface area contributed by atoms with Crippen LogP contribution < -0.4 is 4.74 Å². The zero-order chi connectivity index (χ0) is 20.2. The molecule has 1 amide bonds. The van der Waals surface area contributed by atoms with Crippen LogP contribution >= 0.6 is 0 Å². The van der Waals surface area contributed by atoms with Crippen molar-refractivity contribution in [3.05, 3.63) is 89.5 Å². The van der Waals surface area contributed by atoms with Gasteiger partial charge in [0.25, 0.3) is 5.91 Å². The first-order valence-electron chi connectivity index (χ1n) is 9.24. The van der Waals surface area contributed by atoms with Crippen molar-refractivity contribution in [3.8, 4) is 6.01 Å². The molecule has 0 unspecified atom stereocenters. The lowest BCUT2D eigenvalue weighted by atomic mass is 9.97. The van der Waals surface area contributed by atoms with Gasteiger partial charge in [-0.25, -0.2) is 14.4 Å². The Morgan fingerprint density at radius 2 is 1.62 bits per heavy atom. The summed E-state index contributed by atoms with van der Waals surface area (Å²) in [5.41, 5.74) is 1.26. The zero-order valence-corrected chi connectivity index (χ0v) is 15.5. The number of aromatic nitrogens is 2. The normalized spacial score (nSPS) is 15.9. The molecule has 3 aromatic rings. The molecule has 0 bridgehead atoms. The van der Waals surface area contributed by atoms with Crippen molar-refractivity contribution in [2.75, 3.05) is 13.1 Å². The van der Waals surface area contributed by atoms with Gasteiger partial charge in [0.15, 0.2) is 11.6 Å². The van der Waals surface area contributed by atoms with Crippen LogP contribution in [0.2, 0.25) is 0 Å². The minimum atomic E-state index is -0.541. The SMILES string of the molecule is O=C(c1ccccc1)c1ccccc1C(=O)N1CC[C@@H](Oc2ncc(F)cn2)C1. The third kappa shape index (κ3) is 4.13. The summed E-state index contributed by atoms with van der Waals surface area (Å²) in [5.74, 6) is -0.961. The van der Waals surface area contributed by atoms with E-state index in [2.05, 4.69) is 9.97 Å². The summed E-state index contributed by atoms with van der Waals surface area (Å²) in [5, 5.41) is 0. The second kappa shape index (κ2) is 8.18. The summed E-state index contributed by atoms with van der Waals surface area (Å²) in [7, 11) is 0. The molecule has 0 aliphatic carbocycles. The predicted octanol–water partition coefficient (Wildman–Crippen LogP) is 3.14.